The van der Waals surface area contributed by atoms with Crippen molar-refractivity contribution in [2.24, 2.45) is 29.6 Å². The molecule has 2 aromatic rings. The number of carbonyl (C=O) groups excluding carboxylic acids is 1. The highest BCUT2D eigenvalue weighted by atomic mass is 16.2. The van der Waals surface area contributed by atoms with Gasteiger partial charge in [-0.05, 0) is 68.4 Å². The van der Waals surface area contributed by atoms with E-state index in [9.17, 15) is 4.79 Å². The number of imidazole rings is 1. The Morgan fingerprint density at radius 1 is 1.29 bits per heavy atom. The van der Waals surface area contributed by atoms with Crippen molar-refractivity contribution >= 4 is 16.9 Å². The molecule has 1 heterocycles. The lowest BCUT2D eigenvalue weighted by Crippen LogP contribution is -2.37. The Morgan fingerprint density at radius 2 is 2.07 bits per heavy atom. The second-order valence-corrected chi connectivity index (χ2v) is 9.29. The highest BCUT2D eigenvalue weighted by molar-refractivity contribution is 5.80. The van der Waals surface area contributed by atoms with Crippen LogP contribution in [0.1, 0.15) is 51.4 Å². The number of hydrogen-bond donors (Lipinski definition) is 2. The average Bonchev–Trinajstić information content (AvgIpc) is 3.42. The number of allylic oxidation sites excluding steroid dienone is 1. The van der Waals surface area contributed by atoms with E-state index in [4.69, 9.17) is 4.98 Å². The number of aryl methyl sites for hydroxylation is 1. The zero-order valence-corrected chi connectivity index (χ0v) is 17.6. The number of para-hydroxylation sites is 1. The number of nitrogens with one attached hydrogen (secondary N) is 2. The molecule has 0 unspecified atom stereocenters. The smallest absolute Gasteiger partial charge is 0.223 e. The largest absolute Gasteiger partial charge is 0.355 e. The second kappa shape index (κ2) is 7.73. The van der Waals surface area contributed by atoms with Crippen LogP contribution in [-0.4, -0.2) is 22.4 Å². The van der Waals surface area contributed by atoms with Gasteiger partial charge in [-0.3, -0.25) is 4.79 Å². The minimum Gasteiger partial charge on any atom is -0.355 e. The van der Waals surface area contributed by atoms with Gasteiger partial charge >= 0.3 is 0 Å². The number of nitrogens with zero attached hydrogens (tertiary/aromatic N) is 1. The van der Waals surface area contributed by atoms with Gasteiger partial charge in [0.15, 0.2) is 0 Å². The molecule has 1 aromatic heterocycles. The zero-order valence-electron chi connectivity index (χ0n) is 17.6. The van der Waals surface area contributed by atoms with Crippen molar-refractivity contribution in [2.45, 2.75) is 53.4 Å². The Morgan fingerprint density at radius 3 is 2.75 bits per heavy atom. The number of H-pyrrole nitrogens is 1. The number of benzene rings is 1. The number of amides is 1. The molecular weight excluding hydrogens is 346 g/mol. The molecule has 0 bridgehead atoms. The van der Waals surface area contributed by atoms with E-state index < -0.39 is 0 Å². The number of aromatic nitrogens is 2. The molecule has 0 aliphatic heterocycles. The van der Waals surface area contributed by atoms with Gasteiger partial charge in [0.2, 0.25) is 5.91 Å². The van der Waals surface area contributed by atoms with Gasteiger partial charge in [0.05, 0.1) is 11.0 Å². The number of aromatic amines is 1. The molecule has 0 radical (unpaired) electrons. The SMILES string of the molecule is CC1=C[C@@H](CNC(=O)C2CC2)[C@H](C(C)C)C[C@H]1Cc1nc2c(C)cccc2[nH]1. The molecule has 150 valence electrons. The molecule has 3 atom stereocenters. The minimum absolute atomic E-state index is 0.258. The predicted octanol–water partition coefficient (Wildman–Crippen LogP) is 4.79. The first-order valence-electron chi connectivity index (χ1n) is 10.8. The van der Waals surface area contributed by atoms with Gasteiger partial charge in [-0.1, -0.05) is 37.6 Å². The monoisotopic (exact) mass is 379 g/mol. The summed E-state index contributed by atoms with van der Waals surface area (Å²) in [6, 6.07) is 6.31. The van der Waals surface area contributed by atoms with Gasteiger partial charge in [0, 0.05) is 18.9 Å². The molecule has 28 heavy (non-hydrogen) atoms. The summed E-state index contributed by atoms with van der Waals surface area (Å²) in [5.74, 6) is 3.79. The maximum atomic E-state index is 12.1. The third-order valence-corrected chi connectivity index (χ3v) is 6.75. The first-order chi connectivity index (χ1) is 13.4. The van der Waals surface area contributed by atoms with E-state index in [1.165, 1.54) is 17.6 Å². The number of rotatable bonds is 6. The van der Waals surface area contributed by atoms with Crippen LogP contribution >= 0.6 is 0 Å². The van der Waals surface area contributed by atoms with E-state index in [-0.39, 0.29) is 11.8 Å². The summed E-state index contributed by atoms with van der Waals surface area (Å²) in [6.45, 7) is 9.79. The molecule has 0 saturated heterocycles. The molecular formula is C24H33N3O. The quantitative estimate of drug-likeness (QED) is 0.709. The fourth-order valence-electron chi connectivity index (χ4n) is 4.77. The van der Waals surface area contributed by atoms with Gasteiger partial charge in [0.1, 0.15) is 5.82 Å². The van der Waals surface area contributed by atoms with Gasteiger partial charge in [0.25, 0.3) is 0 Å². The fourth-order valence-corrected chi connectivity index (χ4v) is 4.77. The van der Waals surface area contributed by atoms with Crippen LogP contribution in [0.15, 0.2) is 29.8 Å². The maximum Gasteiger partial charge on any atom is 0.223 e. The van der Waals surface area contributed by atoms with Gasteiger partial charge in [-0.2, -0.15) is 0 Å². The molecule has 2 aliphatic carbocycles. The fraction of sp³-hybridized carbons (Fsp3) is 0.583. The molecule has 4 nitrogen and oxygen atoms in total. The van der Waals surface area contributed by atoms with Crippen LogP contribution in [0, 0.1) is 36.5 Å². The Labute approximate surface area is 168 Å². The van der Waals surface area contributed by atoms with Gasteiger partial charge in [-0.25, -0.2) is 4.98 Å². The van der Waals surface area contributed by atoms with Crippen LogP contribution in [0.3, 0.4) is 0 Å². The second-order valence-electron chi connectivity index (χ2n) is 9.29. The number of carbonyl (C=O) groups is 1. The lowest BCUT2D eigenvalue weighted by Gasteiger charge is -2.37. The molecule has 1 aromatic carbocycles. The van der Waals surface area contributed by atoms with E-state index in [2.05, 4.69) is 62.3 Å². The average molecular weight is 380 g/mol. The first kappa shape index (κ1) is 19.2. The lowest BCUT2D eigenvalue weighted by atomic mass is 9.69. The van der Waals surface area contributed by atoms with Crippen molar-refractivity contribution in [2.75, 3.05) is 6.54 Å². The van der Waals surface area contributed by atoms with Crippen molar-refractivity contribution in [3.8, 4) is 0 Å². The van der Waals surface area contributed by atoms with Crippen LogP contribution in [-0.2, 0) is 11.2 Å². The summed E-state index contributed by atoms with van der Waals surface area (Å²) in [5, 5.41) is 3.21. The van der Waals surface area contributed by atoms with Crippen molar-refractivity contribution in [1.29, 1.82) is 0 Å². The van der Waals surface area contributed by atoms with Gasteiger partial charge < -0.3 is 10.3 Å². The first-order valence-corrected chi connectivity index (χ1v) is 10.8. The van der Waals surface area contributed by atoms with Crippen molar-refractivity contribution < 1.29 is 4.79 Å². The van der Waals surface area contributed by atoms with E-state index in [0.717, 1.165) is 42.7 Å². The number of hydrogen-bond acceptors (Lipinski definition) is 2. The van der Waals surface area contributed by atoms with E-state index in [1.807, 2.05) is 0 Å². The Bertz CT molecular complexity index is 890. The van der Waals surface area contributed by atoms with Crippen molar-refractivity contribution in [3.05, 3.63) is 41.2 Å². The number of fused-ring (bicyclic) bond motifs is 1. The summed E-state index contributed by atoms with van der Waals surface area (Å²) in [5.41, 5.74) is 4.90. The van der Waals surface area contributed by atoms with Crippen LogP contribution < -0.4 is 5.32 Å². The third-order valence-electron chi connectivity index (χ3n) is 6.75. The van der Waals surface area contributed by atoms with Crippen LogP contribution in [0.5, 0.6) is 0 Å². The summed E-state index contributed by atoms with van der Waals surface area (Å²) in [7, 11) is 0. The predicted molar refractivity (Wildman–Crippen MR) is 114 cm³/mol. The molecule has 4 rings (SSSR count). The lowest BCUT2D eigenvalue weighted by molar-refractivity contribution is -0.122. The molecule has 1 amide bonds. The Balaban J connectivity index is 1.48. The van der Waals surface area contributed by atoms with Crippen LogP contribution in [0.2, 0.25) is 0 Å². The molecule has 2 N–H and O–H groups in total. The van der Waals surface area contributed by atoms with Gasteiger partial charge in [-0.15, -0.1) is 0 Å². The van der Waals surface area contributed by atoms with E-state index in [1.54, 1.807) is 0 Å². The van der Waals surface area contributed by atoms with Crippen molar-refractivity contribution in [1.82, 2.24) is 15.3 Å². The van der Waals surface area contributed by atoms with E-state index in [0.29, 0.717) is 23.7 Å². The summed E-state index contributed by atoms with van der Waals surface area (Å²) >= 11 is 0. The summed E-state index contributed by atoms with van der Waals surface area (Å²) in [6.07, 6.45) is 6.69. The third kappa shape index (κ3) is 4.01. The zero-order chi connectivity index (χ0) is 19.8. The topological polar surface area (TPSA) is 57.8 Å². The summed E-state index contributed by atoms with van der Waals surface area (Å²) < 4.78 is 0. The maximum absolute atomic E-state index is 12.1. The standard InChI is InChI=1S/C24H33N3O/c1-14(2)20-11-18(12-22-26-21-7-5-6-15(3)23(21)27-22)16(4)10-19(20)13-25-24(28)17-8-9-17/h5-7,10,14,17-20H,8-9,11-13H2,1-4H3,(H,25,28)(H,26,27)/t18-,19-,20-/m0/s1. The molecule has 1 fully saturated rings. The van der Waals surface area contributed by atoms with E-state index >= 15 is 0 Å². The Hall–Kier alpha value is -2.10. The normalized spacial score (nSPS) is 25.2. The molecule has 4 heteroatoms. The molecule has 0 spiro atoms. The molecule has 1 saturated carbocycles. The highest BCUT2D eigenvalue weighted by Gasteiger charge is 2.34. The molecule has 2 aliphatic rings. The minimum atomic E-state index is 0.258. The highest BCUT2D eigenvalue weighted by Crippen LogP contribution is 2.39. The van der Waals surface area contributed by atoms with Crippen LogP contribution in [0.4, 0.5) is 0 Å². The summed E-state index contributed by atoms with van der Waals surface area (Å²) in [4.78, 5) is 20.5. The van der Waals surface area contributed by atoms with Crippen molar-refractivity contribution in [3.63, 3.8) is 0 Å². The van der Waals surface area contributed by atoms with Crippen LogP contribution in [0.25, 0.3) is 11.0 Å². The Kier molecular flexibility index (Phi) is 5.31.